The average molecular weight is 399 g/mol. The molecule has 5 heteroatoms. The predicted octanol–water partition coefficient (Wildman–Crippen LogP) is 4.54. The summed E-state index contributed by atoms with van der Waals surface area (Å²) < 4.78 is 7.34. The predicted molar refractivity (Wildman–Crippen MR) is 87.1 cm³/mol. The van der Waals surface area contributed by atoms with Gasteiger partial charge in [0, 0.05) is 8.95 Å². The maximum Gasteiger partial charge on any atom is 0.262 e. The molecule has 0 spiro atoms. The van der Waals surface area contributed by atoms with Crippen LogP contribution in [0.15, 0.2) is 51.4 Å². The van der Waals surface area contributed by atoms with Crippen LogP contribution in [0.4, 0.5) is 5.69 Å². The molecule has 20 heavy (non-hydrogen) atoms. The van der Waals surface area contributed by atoms with Gasteiger partial charge in [0.15, 0.2) is 6.61 Å². The molecule has 2 aromatic carbocycles. The summed E-state index contributed by atoms with van der Waals surface area (Å²) in [6.45, 7) is 1.91. The van der Waals surface area contributed by atoms with Crippen molar-refractivity contribution in [3.05, 3.63) is 57.0 Å². The third-order valence-electron chi connectivity index (χ3n) is 2.64. The average Bonchev–Trinajstić information content (AvgIpc) is 2.40. The summed E-state index contributed by atoms with van der Waals surface area (Å²) in [4.78, 5) is 11.9. The van der Waals surface area contributed by atoms with Crippen molar-refractivity contribution in [1.29, 1.82) is 0 Å². The Hall–Kier alpha value is -1.33. The van der Waals surface area contributed by atoms with Gasteiger partial charge in [-0.15, -0.1) is 0 Å². The van der Waals surface area contributed by atoms with E-state index in [1.807, 2.05) is 49.4 Å². The molecular weight excluding hydrogens is 386 g/mol. The number of halogens is 2. The second-order valence-corrected chi connectivity index (χ2v) is 6.00. The van der Waals surface area contributed by atoms with Crippen LogP contribution in [0.3, 0.4) is 0 Å². The van der Waals surface area contributed by atoms with Crippen molar-refractivity contribution in [2.24, 2.45) is 0 Å². The number of nitrogens with one attached hydrogen (secondary N) is 1. The van der Waals surface area contributed by atoms with Crippen molar-refractivity contribution in [2.75, 3.05) is 11.9 Å². The van der Waals surface area contributed by atoms with Gasteiger partial charge < -0.3 is 10.1 Å². The monoisotopic (exact) mass is 397 g/mol. The molecule has 2 rings (SSSR count). The highest BCUT2D eigenvalue weighted by atomic mass is 79.9. The van der Waals surface area contributed by atoms with Gasteiger partial charge in [0.25, 0.3) is 5.91 Å². The van der Waals surface area contributed by atoms with Crippen molar-refractivity contribution >= 4 is 43.5 Å². The minimum absolute atomic E-state index is 0.0240. The fourth-order valence-electron chi connectivity index (χ4n) is 1.67. The summed E-state index contributed by atoms with van der Waals surface area (Å²) in [7, 11) is 0. The number of para-hydroxylation sites is 1. The molecule has 0 saturated heterocycles. The first-order valence-electron chi connectivity index (χ1n) is 5.99. The Balaban J connectivity index is 1.94. The quantitative estimate of drug-likeness (QED) is 0.821. The number of carbonyl (C=O) groups excluding carboxylic acids is 1. The largest absolute Gasteiger partial charge is 0.483 e. The SMILES string of the molecule is Cc1cc(Br)ccc1OCC(=O)Nc1ccccc1Br. The molecular formula is C15H13Br2NO2. The van der Waals surface area contributed by atoms with E-state index in [1.54, 1.807) is 0 Å². The Morgan fingerprint density at radius 1 is 1.20 bits per heavy atom. The lowest BCUT2D eigenvalue weighted by Gasteiger charge is -2.10. The van der Waals surface area contributed by atoms with E-state index in [1.165, 1.54) is 0 Å². The molecule has 0 bridgehead atoms. The molecule has 0 aliphatic carbocycles. The van der Waals surface area contributed by atoms with Gasteiger partial charge in [0.1, 0.15) is 5.75 Å². The Bertz CT molecular complexity index is 629. The number of hydrogen-bond acceptors (Lipinski definition) is 2. The highest BCUT2D eigenvalue weighted by Gasteiger charge is 2.07. The van der Waals surface area contributed by atoms with Crippen LogP contribution in [0.25, 0.3) is 0 Å². The normalized spacial score (nSPS) is 10.2. The van der Waals surface area contributed by atoms with E-state index < -0.39 is 0 Å². The second kappa shape index (κ2) is 6.90. The summed E-state index contributed by atoms with van der Waals surface area (Å²) in [5.41, 5.74) is 1.71. The van der Waals surface area contributed by atoms with Crippen molar-refractivity contribution in [2.45, 2.75) is 6.92 Å². The van der Waals surface area contributed by atoms with E-state index in [9.17, 15) is 4.79 Å². The first-order chi connectivity index (χ1) is 9.56. The highest BCUT2D eigenvalue weighted by Crippen LogP contribution is 2.23. The molecule has 0 atom stereocenters. The zero-order valence-electron chi connectivity index (χ0n) is 10.8. The molecule has 0 saturated carbocycles. The third-order valence-corrected chi connectivity index (χ3v) is 3.83. The van der Waals surface area contributed by atoms with Gasteiger partial charge >= 0.3 is 0 Å². The summed E-state index contributed by atoms with van der Waals surface area (Å²) >= 11 is 6.77. The van der Waals surface area contributed by atoms with E-state index in [0.717, 1.165) is 20.2 Å². The molecule has 0 radical (unpaired) electrons. The van der Waals surface area contributed by atoms with Gasteiger partial charge in [-0.3, -0.25) is 4.79 Å². The lowest BCUT2D eigenvalue weighted by atomic mass is 10.2. The number of carbonyl (C=O) groups is 1. The number of amides is 1. The standard InChI is InChI=1S/C15H13Br2NO2/c1-10-8-11(16)6-7-14(10)20-9-15(19)18-13-5-3-2-4-12(13)17/h2-8H,9H2,1H3,(H,18,19). The number of aryl methyl sites for hydroxylation is 1. The Kier molecular flexibility index (Phi) is 5.20. The minimum Gasteiger partial charge on any atom is -0.483 e. The fraction of sp³-hybridized carbons (Fsp3) is 0.133. The minimum atomic E-state index is -0.195. The van der Waals surface area contributed by atoms with E-state index >= 15 is 0 Å². The van der Waals surface area contributed by atoms with Gasteiger partial charge in [-0.25, -0.2) is 0 Å². The lowest BCUT2D eigenvalue weighted by molar-refractivity contribution is -0.118. The molecule has 0 aromatic heterocycles. The van der Waals surface area contributed by atoms with Crippen molar-refractivity contribution < 1.29 is 9.53 Å². The van der Waals surface area contributed by atoms with Gasteiger partial charge in [-0.1, -0.05) is 28.1 Å². The van der Waals surface area contributed by atoms with E-state index in [0.29, 0.717) is 5.75 Å². The van der Waals surface area contributed by atoms with E-state index in [4.69, 9.17) is 4.74 Å². The fourth-order valence-corrected chi connectivity index (χ4v) is 2.53. The van der Waals surface area contributed by atoms with Crippen LogP contribution in [0.1, 0.15) is 5.56 Å². The molecule has 1 N–H and O–H groups in total. The zero-order chi connectivity index (χ0) is 14.5. The van der Waals surface area contributed by atoms with Gasteiger partial charge in [-0.2, -0.15) is 0 Å². The van der Waals surface area contributed by atoms with E-state index in [2.05, 4.69) is 37.2 Å². The van der Waals surface area contributed by atoms with Crippen LogP contribution >= 0.6 is 31.9 Å². The summed E-state index contributed by atoms with van der Waals surface area (Å²) in [6, 6.07) is 13.1. The van der Waals surface area contributed by atoms with Crippen molar-refractivity contribution in [3.8, 4) is 5.75 Å². The Labute approximate surface area is 134 Å². The molecule has 2 aromatic rings. The number of ether oxygens (including phenoxy) is 1. The number of rotatable bonds is 4. The maximum absolute atomic E-state index is 11.9. The maximum atomic E-state index is 11.9. The molecule has 0 unspecified atom stereocenters. The summed E-state index contributed by atoms with van der Waals surface area (Å²) in [5.74, 6) is 0.509. The van der Waals surface area contributed by atoms with Crippen LogP contribution in [-0.2, 0) is 4.79 Å². The first-order valence-corrected chi connectivity index (χ1v) is 7.58. The van der Waals surface area contributed by atoms with Crippen LogP contribution in [0.5, 0.6) is 5.75 Å². The van der Waals surface area contributed by atoms with Crippen LogP contribution < -0.4 is 10.1 Å². The molecule has 104 valence electrons. The second-order valence-electron chi connectivity index (χ2n) is 4.23. The van der Waals surface area contributed by atoms with Crippen LogP contribution in [-0.4, -0.2) is 12.5 Å². The number of hydrogen-bond donors (Lipinski definition) is 1. The summed E-state index contributed by atoms with van der Waals surface area (Å²) in [6.07, 6.45) is 0. The highest BCUT2D eigenvalue weighted by molar-refractivity contribution is 9.10. The topological polar surface area (TPSA) is 38.3 Å². The van der Waals surface area contributed by atoms with Gasteiger partial charge in [-0.05, 0) is 58.7 Å². The molecule has 3 nitrogen and oxygen atoms in total. The first kappa shape index (κ1) is 15.1. The van der Waals surface area contributed by atoms with Crippen LogP contribution in [0.2, 0.25) is 0 Å². The Morgan fingerprint density at radius 2 is 1.95 bits per heavy atom. The van der Waals surface area contributed by atoms with Gasteiger partial charge in [0.05, 0.1) is 5.69 Å². The van der Waals surface area contributed by atoms with Gasteiger partial charge in [0.2, 0.25) is 0 Å². The third kappa shape index (κ3) is 4.08. The smallest absolute Gasteiger partial charge is 0.262 e. The lowest BCUT2D eigenvalue weighted by Crippen LogP contribution is -2.20. The number of benzene rings is 2. The molecule has 0 aliphatic heterocycles. The number of anilines is 1. The molecule has 0 heterocycles. The molecule has 0 fully saturated rings. The van der Waals surface area contributed by atoms with Crippen molar-refractivity contribution in [3.63, 3.8) is 0 Å². The molecule has 1 amide bonds. The Morgan fingerprint density at radius 3 is 2.65 bits per heavy atom. The van der Waals surface area contributed by atoms with E-state index in [-0.39, 0.29) is 12.5 Å². The zero-order valence-corrected chi connectivity index (χ0v) is 14.0. The molecule has 0 aliphatic rings. The van der Waals surface area contributed by atoms with Crippen LogP contribution in [0, 0.1) is 6.92 Å². The van der Waals surface area contributed by atoms with Crippen molar-refractivity contribution in [1.82, 2.24) is 0 Å². The summed E-state index contributed by atoms with van der Waals surface area (Å²) in [5, 5.41) is 2.79.